The van der Waals surface area contributed by atoms with Crippen LogP contribution in [0.5, 0.6) is 0 Å². The minimum atomic E-state index is -0.125. The molecule has 0 bridgehead atoms. The molecule has 0 N–H and O–H groups in total. The second kappa shape index (κ2) is 5.52. The number of piperidine rings is 1. The molecule has 1 unspecified atom stereocenters. The van der Waals surface area contributed by atoms with Gasteiger partial charge in [-0.1, -0.05) is 6.92 Å². The molecule has 1 aliphatic carbocycles. The third kappa shape index (κ3) is 3.20. The zero-order valence-electron chi connectivity index (χ0n) is 10.5. The Morgan fingerprint density at radius 3 is 2.65 bits per heavy atom. The fraction of sp³-hybridized carbons (Fsp3) is 0.846. The van der Waals surface area contributed by atoms with Crippen LogP contribution in [0.1, 0.15) is 39.0 Å². The van der Waals surface area contributed by atoms with E-state index in [0.29, 0.717) is 13.2 Å². The summed E-state index contributed by atoms with van der Waals surface area (Å²) in [7, 11) is 0. The molecule has 0 spiro atoms. The van der Waals surface area contributed by atoms with Crippen molar-refractivity contribution in [1.29, 1.82) is 0 Å². The quantitative estimate of drug-likeness (QED) is 0.700. The van der Waals surface area contributed by atoms with Crippen LogP contribution in [0.4, 0.5) is 0 Å². The van der Waals surface area contributed by atoms with Gasteiger partial charge in [0.1, 0.15) is 0 Å². The third-order valence-corrected chi connectivity index (χ3v) is 3.44. The summed E-state index contributed by atoms with van der Waals surface area (Å²) in [6, 6.07) is 0. The molecule has 4 heteroatoms. The SMILES string of the molecule is CCCOC(=O)C1CCCN(C(=O)C2CC2)C1. The smallest absolute Gasteiger partial charge is 0.310 e. The highest BCUT2D eigenvalue weighted by Gasteiger charge is 2.36. The molecule has 0 radical (unpaired) electrons. The van der Waals surface area contributed by atoms with Crippen LogP contribution in [-0.4, -0.2) is 36.5 Å². The molecule has 1 saturated carbocycles. The molecule has 2 fully saturated rings. The lowest BCUT2D eigenvalue weighted by molar-refractivity contribution is -0.152. The predicted molar refractivity (Wildman–Crippen MR) is 63.3 cm³/mol. The first-order valence-electron chi connectivity index (χ1n) is 6.67. The van der Waals surface area contributed by atoms with E-state index in [1.807, 2.05) is 11.8 Å². The van der Waals surface area contributed by atoms with Crippen molar-refractivity contribution in [2.45, 2.75) is 39.0 Å². The monoisotopic (exact) mass is 239 g/mol. The molecule has 96 valence electrons. The Hall–Kier alpha value is -1.06. The second-order valence-corrected chi connectivity index (χ2v) is 5.07. The molecule has 4 nitrogen and oxygen atoms in total. The lowest BCUT2D eigenvalue weighted by Gasteiger charge is -2.31. The molecule has 2 aliphatic rings. The van der Waals surface area contributed by atoms with E-state index in [1.165, 1.54) is 0 Å². The number of hydrogen-bond donors (Lipinski definition) is 0. The van der Waals surface area contributed by atoms with E-state index >= 15 is 0 Å². The van der Waals surface area contributed by atoms with Gasteiger partial charge in [0.25, 0.3) is 0 Å². The Bertz CT molecular complexity index is 299. The van der Waals surface area contributed by atoms with Gasteiger partial charge in [-0.15, -0.1) is 0 Å². The number of esters is 1. The number of carbonyl (C=O) groups is 2. The summed E-state index contributed by atoms with van der Waals surface area (Å²) in [5, 5.41) is 0. The summed E-state index contributed by atoms with van der Waals surface area (Å²) in [5.74, 6) is 0.275. The predicted octanol–water partition coefficient (Wildman–Crippen LogP) is 1.59. The van der Waals surface area contributed by atoms with Crippen molar-refractivity contribution in [2.75, 3.05) is 19.7 Å². The molecule has 2 rings (SSSR count). The first-order valence-corrected chi connectivity index (χ1v) is 6.67. The molecule has 0 aromatic heterocycles. The van der Waals surface area contributed by atoms with Gasteiger partial charge in [-0.3, -0.25) is 9.59 Å². The van der Waals surface area contributed by atoms with E-state index in [1.54, 1.807) is 0 Å². The lowest BCUT2D eigenvalue weighted by atomic mass is 9.98. The van der Waals surface area contributed by atoms with Crippen molar-refractivity contribution < 1.29 is 14.3 Å². The molecular formula is C13H21NO3. The van der Waals surface area contributed by atoms with Gasteiger partial charge in [0.2, 0.25) is 5.91 Å². The fourth-order valence-corrected chi connectivity index (χ4v) is 2.28. The summed E-state index contributed by atoms with van der Waals surface area (Å²) in [6.45, 7) is 3.85. The van der Waals surface area contributed by atoms with Gasteiger partial charge in [0.05, 0.1) is 12.5 Å². The summed E-state index contributed by atoms with van der Waals surface area (Å²) >= 11 is 0. The highest BCUT2D eigenvalue weighted by atomic mass is 16.5. The topological polar surface area (TPSA) is 46.6 Å². The lowest BCUT2D eigenvalue weighted by Crippen LogP contribution is -2.43. The van der Waals surface area contributed by atoms with Crippen LogP contribution in [0.15, 0.2) is 0 Å². The number of nitrogens with zero attached hydrogens (tertiary/aromatic N) is 1. The van der Waals surface area contributed by atoms with Crippen LogP contribution >= 0.6 is 0 Å². The van der Waals surface area contributed by atoms with E-state index < -0.39 is 0 Å². The minimum Gasteiger partial charge on any atom is -0.465 e. The molecule has 1 atom stereocenters. The summed E-state index contributed by atoms with van der Waals surface area (Å²) in [5.41, 5.74) is 0. The largest absolute Gasteiger partial charge is 0.465 e. The molecule has 1 aliphatic heterocycles. The van der Waals surface area contributed by atoms with Crippen molar-refractivity contribution in [3.63, 3.8) is 0 Å². The Labute approximate surface area is 102 Å². The molecule has 1 amide bonds. The number of carbonyl (C=O) groups excluding carboxylic acids is 2. The maximum absolute atomic E-state index is 11.9. The van der Waals surface area contributed by atoms with Crippen LogP contribution in [0.2, 0.25) is 0 Å². The van der Waals surface area contributed by atoms with E-state index in [0.717, 1.165) is 38.6 Å². The van der Waals surface area contributed by atoms with E-state index in [4.69, 9.17) is 4.74 Å². The number of likely N-dealkylation sites (tertiary alicyclic amines) is 1. The number of amides is 1. The van der Waals surface area contributed by atoms with Crippen LogP contribution in [0.25, 0.3) is 0 Å². The van der Waals surface area contributed by atoms with Crippen LogP contribution < -0.4 is 0 Å². The van der Waals surface area contributed by atoms with Gasteiger partial charge in [-0.2, -0.15) is 0 Å². The molecule has 0 aromatic carbocycles. The average Bonchev–Trinajstić information content (AvgIpc) is 3.19. The van der Waals surface area contributed by atoms with Crippen molar-refractivity contribution >= 4 is 11.9 Å². The molecule has 17 heavy (non-hydrogen) atoms. The number of ether oxygens (including phenoxy) is 1. The minimum absolute atomic E-state index is 0.0991. The third-order valence-electron chi connectivity index (χ3n) is 3.44. The molecular weight excluding hydrogens is 218 g/mol. The maximum atomic E-state index is 11.9. The van der Waals surface area contributed by atoms with Gasteiger partial charge in [0.15, 0.2) is 0 Å². The first kappa shape index (κ1) is 12.4. The van der Waals surface area contributed by atoms with Gasteiger partial charge in [0, 0.05) is 19.0 Å². The van der Waals surface area contributed by atoms with Gasteiger partial charge < -0.3 is 9.64 Å². The van der Waals surface area contributed by atoms with Crippen molar-refractivity contribution in [3.8, 4) is 0 Å². The zero-order chi connectivity index (χ0) is 12.3. The Morgan fingerprint density at radius 1 is 1.24 bits per heavy atom. The van der Waals surface area contributed by atoms with E-state index in [-0.39, 0.29) is 23.7 Å². The standard InChI is InChI=1S/C13H21NO3/c1-2-8-17-13(16)11-4-3-7-14(9-11)12(15)10-5-6-10/h10-11H,2-9H2,1H3. The number of rotatable bonds is 4. The highest BCUT2D eigenvalue weighted by Crippen LogP contribution is 2.32. The van der Waals surface area contributed by atoms with Gasteiger partial charge >= 0.3 is 5.97 Å². The number of hydrogen-bond acceptors (Lipinski definition) is 3. The normalized spacial score (nSPS) is 24.5. The van der Waals surface area contributed by atoms with Crippen LogP contribution in [0.3, 0.4) is 0 Å². The Balaban J connectivity index is 1.83. The van der Waals surface area contributed by atoms with Crippen LogP contribution in [0, 0.1) is 11.8 Å². The Kier molecular flexibility index (Phi) is 4.02. The highest BCUT2D eigenvalue weighted by molar-refractivity contribution is 5.82. The van der Waals surface area contributed by atoms with Crippen molar-refractivity contribution in [2.24, 2.45) is 11.8 Å². The molecule has 0 aromatic rings. The van der Waals surface area contributed by atoms with Gasteiger partial charge in [-0.25, -0.2) is 0 Å². The van der Waals surface area contributed by atoms with Crippen LogP contribution in [-0.2, 0) is 14.3 Å². The average molecular weight is 239 g/mol. The zero-order valence-corrected chi connectivity index (χ0v) is 10.5. The summed E-state index contributed by atoms with van der Waals surface area (Å²) in [6.07, 6.45) is 4.69. The maximum Gasteiger partial charge on any atom is 0.310 e. The summed E-state index contributed by atoms with van der Waals surface area (Å²) in [4.78, 5) is 25.5. The fourth-order valence-electron chi connectivity index (χ4n) is 2.28. The summed E-state index contributed by atoms with van der Waals surface area (Å²) < 4.78 is 5.16. The first-order chi connectivity index (χ1) is 8.22. The molecule has 1 heterocycles. The van der Waals surface area contributed by atoms with E-state index in [9.17, 15) is 9.59 Å². The van der Waals surface area contributed by atoms with Crippen molar-refractivity contribution in [3.05, 3.63) is 0 Å². The van der Waals surface area contributed by atoms with Crippen molar-refractivity contribution in [1.82, 2.24) is 4.90 Å². The van der Waals surface area contributed by atoms with Gasteiger partial charge in [-0.05, 0) is 32.1 Å². The second-order valence-electron chi connectivity index (χ2n) is 5.07. The Morgan fingerprint density at radius 2 is 2.00 bits per heavy atom. The molecule has 1 saturated heterocycles. The van der Waals surface area contributed by atoms with E-state index in [2.05, 4.69) is 0 Å².